The summed E-state index contributed by atoms with van der Waals surface area (Å²) in [7, 11) is 3.32. The molecular formula is C9H17N3O3. The second-order valence-electron chi connectivity index (χ2n) is 3.98. The third kappa shape index (κ3) is 2.59. The maximum atomic E-state index is 11.6. The van der Waals surface area contributed by atoms with E-state index in [2.05, 4.69) is 5.32 Å². The van der Waals surface area contributed by atoms with Crippen LogP contribution in [0.2, 0.25) is 0 Å². The summed E-state index contributed by atoms with van der Waals surface area (Å²) in [6, 6.07) is -0.513. The average Bonchev–Trinajstić information content (AvgIpc) is 2.16. The predicted molar refractivity (Wildman–Crippen MR) is 54.7 cm³/mol. The molecule has 2 amide bonds. The zero-order valence-corrected chi connectivity index (χ0v) is 9.23. The van der Waals surface area contributed by atoms with E-state index in [4.69, 9.17) is 5.11 Å². The summed E-state index contributed by atoms with van der Waals surface area (Å²) in [6.07, 6.45) is -0.972. The number of nitrogens with zero attached hydrogens (tertiary/aromatic N) is 2. The van der Waals surface area contributed by atoms with Crippen molar-refractivity contribution >= 4 is 12.0 Å². The van der Waals surface area contributed by atoms with E-state index in [1.165, 1.54) is 9.80 Å². The molecule has 1 aliphatic heterocycles. The maximum Gasteiger partial charge on any atom is 0.407 e. The zero-order valence-electron chi connectivity index (χ0n) is 9.23. The van der Waals surface area contributed by atoms with Gasteiger partial charge in [0.1, 0.15) is 6.04 Å². The molecule has 86 valence electrons. The van der Waals surface area contributed by atoms with Gasteiger partial charge in [0, 0.05) is 33.2 Å². The first-order valence-corrected chi connectivity index (χ1v) is 4.87. The molecule has 1 aliphatic rings. The zero-order chi connectivity index (χ0) is 11.6. The Morgan fingerprint density at radius 3 is 2.53 bits per heavy atom. The number of amides is 2. The van der Waals surface area contributed by atoms with Crippen LogP contribution in [0.3, 0.4) is 0 Å². The third-order valence-corrected chi connectivity index (χ3v) is 2.56. The standard InChI is InChI=1S/C9H17N3O3/c1-6-4-10-7(8(13)11(2)3)5-12(6)9(14)15/h6-7,10H,4-5H2,1-3H3,(H,14,15)/t6-,7-/m1/s1. The lowest BCUT2D eigenvalue weighted by molar-refractivity contribution is -0.132. The van der Waals surface area contributed by atoms with Crippen LogP contribution in [-0.4, -0.2) is 66.2 Å². The maximum absolute atomic E-state index is 11.6. The van der Waals surface area contributed by atoms with Crippen molar-refractivity contribution in [2.45, 2.75) is 19.0 Å². The topological polar surface area (TPSA) is 72.9 Å². The van der Waals surface area contributed by atoms with Gasteiger partial charge in [-0.2, -0.15) is 0 Å². The highest BCUT2D eigenvalue weighted by Crippen LogP contribution is 2.08. The Hall–Kier alpha value is -1.30. The van der Waals surface area contributed by atoms with Gasteiger partial charge in [0.15, 0.2) is 0 Å². The molecule has 0 aliphatic carbocycles. The second kappa shape index (κ2) is 4.48. The lowest BCUT2D eigenvalue weighted by atomic mass is 10.1. The monoisotopic (exact) mass is 215 g/mol. The molecule has 6 nitrogen and oxygen atoms in total. The number of carbonyl (C=O) groups is 2. The number of likely N-dealkylation sites (N-methyl/N-ethyl adjacent to an activating group) is 1. The molecule has 6 heteroatoms. The Kier molecular flexibility index (Phi) is 3.52. The van der Waals surface area contributed by atoms with E-state index >= 15 is 0 Å². The van der Waals surface area contributed by atoms with Crippen molar-refractivity contribution in [2.75, 3.05) is 27.2 Å². The fourth-order valence-electron chi connectivity index (χ4n) is 1.61. The van der Waals surface area contributed by atoms with Crippen LogP contribution in [0.1, 0.15) is 6.92 Å². The van der Waals surface area contributed by atoms with Crippen LogP contribution in [0.4, 0.5) is 4.79 Å². The Bertz CT molecular complexity index is 267. The van der Waals surface area contributed by atoms with Gasteiger partial charge in [-0.1, -0.05) is 0 Å². The number of carboxylic acid groups (broad SMARTS) is 1. The number of hydrogen-bond acceptors (Lipinski definition) is 3. The summed E-state index contributed by atoms with van der Waals surface area (Å²) in [5.74, 6) is -0.0897. The minimum absolute atomic E-state index is 0.0892. The molecule has 2 N–H and O–H groups in total. The molecule has 1 saturated heterocycles. The van der Waals surface area contributed by atoms with Crippen LogP contribution < -0.4 is 5.32 Å². The van der Waals surface area contributed by atoms with E-state index < -0.39 is 12.1 Å². The van der Waals surface area contributed by atoms with Gasteiger partial charge < -0.3 is 20.2 Å². The minimum Gasteiger partial charge on any atom is -0.465 e. The van der Waals surface area contributed by atoms with E-state index in [1.807, 2.05) is 6.92 Å². The summed E-state index contributed by atoms with van der Waals surface area (Å²) >= 11 is 0. The molecule has 15 heavy (non-hydrogen) atoms. The molecule has 0 radical (unpaired) electrons. The summed E-state index contributed by atoms with van der Waals surface area (Å²) in [6.45, 7) is 2.54. The molecule has 1 heterocycles. The number of carbonyl (C=O) groups excluding carboxylic acids is 1. The highest BCUT2D eigenvalue weighted by molar-refractivity contribution is 5.82. The Balaban J connectivity index is 2.65. The van der Waals surface area contributed by atoms with E-state index in [1.54, 1.807) is 14.1 Å². The Morgan fingerprint density at radius 1 is 1.47 bits per heavy atom. The minimum atomic E-state index is -0.972. The van der Waals surface area contributed by atoms with Gasteiger partial charge in [0.25, 0.3) is 0 Å². The first-order chi connectivity index (χ1) is 6.93. The van der Waals surface area contributed by atoms with Gasteiger partial charge in [-0.25, -0.2) is 4.79 Å². The van der Waals surface area contributed by atoms with Gasteiger partial charge in [0.2, 0.25) is 5.91 Å². The molecule has 0 bridgehead atoms. The average molecular weight is 215 g/mol. The normalized spacial score (nSPS) is 26.2. The summed E-state index contributed by atoms with van der Waals surface area (Å²) in [5.41, 5.74) is 0. The number of piperazine rings is 1. The highest BCUT2D eigenvalue weighted by Gasteiger charge is 2.32. The molecule has 0 saturated carbocycles. The highest BCUT2D eigenvalue weighted by atomic mass is 16.4. The van der Waals surface area contributed by atoms with Gasteiger partial charge in [-0.15, -0.1) is 0 Å². The molecule has 2 atom stereocenters. The quantitative estimate of drug-likeness (QED) is 0.613. The smallest absolute Gasteiger partial charge is 0.407 e. The van der Waals surface area contributed by atoms with Crippen LogP contribution in [0.15, 0.2) is 0 Å². The van der Waals surface area contributed by atoms with E-state index in [0.29, 0.717) is 6.54 Å². The van der Waals surface area contributed by atoms with Crippen LogP contribution in [0, 0.1) is 0 Å². The Labute approximate surface area is 88.8 Å². The Morgan fingerprint density at radius 2 is 2.07 bits per heavy atom. The molecule has 1 fully saturated rings. The SMILES string of the molecule is C[C@@H]1CN[C@@H](C(=O)N(C)C)CN1C(=O)O. The number of rotatable bonds is 1. The number of hydrogen-bond donors (Lipinski definition) is 2. The fraction of sp³-hybridized carbons (Fsp3) is 0.778. The molecular weight excluding hydrogens is 198 g/mol. The molecule has 0 spiro atoms. The van der Waals surface area contributed by atoms with Crippen molar-refractivity contribution in [3.63, 3.8) is 0 Å². The van der Waals surface area contributed by atoms with Crippen LogP contribution >= 0.6 is 0 Å². The van der Waals surface area contributed by atoms with E-state index in [9.17, 15) is 9.59 Å². The largest absolute Gasteiger partial charge is 0.465 e. The molecule has 0 aromatic carbocycles. The number of nitrogens with one attached hydrogen (secondary N) is 1. The van der Waals surface area contributed by atoms with Gasteiger partial charge in [-0.3, -0.25) is 4.79 Å². The van der Waals surface area contributed by atoms with Crippen molar-refractivity contribution in [3.8, 4) is 0 Å². The van der Waals surface area contributed by atoms with E-state index in [-0.39, 0.29) is 18.5 Å². The fourth-order valence-corrected chi connectivity index (χ4v) is 1.61. The summed E-state index contributed by atoms with van der Waals surface area (Å²) in [4.78, 5) is 25.3. The third-order valence-electron chi connectivity index (χ3n) is 2.56. The van der Waals surface area contributed by atoms with Gasteiger partial charge in [0.05, 0.1) is 0 Å². The summed E-state index contributed by atoms with van der Waals surface area (Å²) < 4.78 is 0. The molecule has 0 aromatic heterocycles. The van der Waals surface area contributed by atoms with Crippen molar-refractivity contribution in [3.05, 3.63) is 0 Å². The molecule has 0 aromatic rings. The van der Waals surface area contributed by atoms with Crippen molar-refractivity contribution in [2.24, 2.45) is 0 Å². The van der Waals surface area contributed by atoms with E-state index in [0.717, 1.165) is 0 Å². The van der Waals surface area contributed by atoms with Gasteiger partial charge in [-0.05, 0) is 6.92 Å². The van der Waals surface area contributed by atoms with Crippen molar-refractivity contribution < 1.29 is 14.7 Å². The predicted octanol–water partition coefficient (Wildman–Crippen LogP) is -0.585. The van der Waals surface area contributed by atoms with Crippen LogP contribution in [0.25, 0.3) is 0 Å². The van der Waals surface area contributed by atoms with Crippen molar-refractivity contribution in [1.82, 2.24) is 15.1 Å². The van der Waals surface area contributed by atoms with Crippen LogP contribution in [-0.2, 0) is 4.79 Å². The molecule has 1 rings (SSSR count). The second-order valence-corrected chi connectivity index (χ2v) is 3.98. The molecule has 0 unspecified atom stereocenters. The summed E-state index contributed by atoms with van der Waals surface area (Å²) in [5, 5.41) is 12.0. The first-order valence-electron chi connectivity index (χ1n) is 4.87. The van der Waals surface area contributed by atoms with Crippen LogP contribution in [0.5, 0.6) is 0 Å². The van der Waals surface area contributed by atoms with Crippen molar-refractivity contribution in [1.29, 1.82) is 0 Å². The lowest BCUT2D eigenvalue weighted by Gasteiger charge is -2.37. The van der Waals surface area contributed by atoms with Gasteiger partial charge >= 0.3 is 6.09 Å². The lowest BCUT2D eigenvalue weighted by Crippen LogP contribution is -2.61. The first kappa shape index (κ1) is 11.8.